The molecule has 1 aliphatic carbocycles. The molecule has 0 radical (unpaired) electrons. The molecule has 2 aliphatic rings. The Kier molecular flexibility index (Phi) is 4.02. The van der Waals surface area contributed by atoms with Gasteiger partial charge < -0.3 is 10.1 Å². The van der Waals surface area contributed by atoms with Crippen LogP contribution in [0.3, 0.4) is 0 Å². The second-order valence-corrected chi connectivity index (χ2v) is 6.25. The molecule has 2 atom stereocenters. The van der Waals surface area contributed by atoms with Crippen LogP contribution in [0.1, 0.15) is 42.9 Å². The molecular formula is C15H20BrNO. The van der Waals surface area contributed by atoms with Crippen molar-refractivity contribution in [3.05, 3.63) is 33.8 Å². The normalized spacial score (nSPS) is 27.2. The highest BCUT2D eigenvalue weighted by atomic mass is 79.9. The van der Waals surface area contributed by atoms with Crippen molar-refractivity contribution in [1.29, 1.82) is 0 Å². The third kappa shape index (κ3) is 2.79. The zero-order valence-corrected chi connectivity index (χ0v) is 12.2. The van der Waals surface area contributed by atoms with Gasteiger partial charge in [-0.25, -0.2) is 0 Å². The molecule has 1 aromatic carbocycles. The smallest absolute Gasteiger partial charge is 0.0699 e. The van der Waals surface area contributed by atoms with E-state index in [9.17, 15) is 0 Å². The lowest BCUT2D eigenvalue weighted by atomic mass is 10.1. The molecule has 0 bridgehead atoms. The van der Waals surface area contributed by atoms with Crippen molar-refractivity contribution in [2.75, 3.05) is 13.2 Å². The van der Waals surface area contributed by atoms with E-state index >= 15 is 0 Å². The van der Waals surface area contributed by atoms with Crippen LogP contribution in [0.2, 0.25) is 0 Å². The number of hydrogen-bond donors (Lipinski definition) is 1. The molecular weight excluding hydrogens is 290 g/mol. The maximum absolute atomic E-state index is 5.78. The van der Waals surface area contributed by atoms with Crippen molar-refractivity contribution in [1.82, 2.24) is 5.32 Å². The van der Waals surface area contributed by atoms with Gasteiger partial charge in [0, 0.05) is 23.7 Å². The van der Waals surface area contributed by atoms with E-state index in [1.54, 1.807) is 0 Å². The molecule has 1 aromatic rings. The third-order valence-electron chi connectivity index (χ3n) is 4.05. The summed E-state index contributed by atoms with van der Waals surface area (Å²) in [7, 11) is 0. The maximum Gasteiger partial charge on any atom is 0.0699 e. The van der Waals surface area contributed by atoms with Crippen LogP contribution < -0.4 is 5.32 Å². The minimum absolute atomic E-state index is 0.426. The molecule has 1 saturated heterocycles. The lowest BCUT2D eigenvalue weighted by Gasteiger charge is -2.25. The van der Waals surface area contributed by atoms with E-state index in [-0.39, 0.29) is 0 Å². The van der Waals surface area contributed by atoms with Gasteiger partial charge in [0.05, 0.1) is 6.10 Å². The number of rotatable bonds is 3. The van der Waals surface area contributed by atoms with E-state index in [2.05, 4.69) is 39.4 Å². The fraction of sp³-hybridized carbons (Fsp3) is 0.600. The van der Waals surface area contributed by atoms with Crippen LogP contribution in [-0.4, -0.2) is 19.3 Å². The lowest BCUT2D eigenvalue weighted by molar-refractivity contribution is 0.0153. The summed E-state index contributed by atoms with van der Waals surface area (Å²) in [6.07, 6.45) is 6.61. The molecule has 0 spiro atoms. The maximum atomic E-state index is 5.78. The van der Waals surface area contributed by atoms with E-state index in [1.165, 1.54) is 47.7 Å². The predicted molar refractivity (Wildman–Crippen MR) is 76.8 cm³/mol. The van der Waals surface area contributed by atoms with E-state index in [1.807, 2.05) is 0 Å². The number of aryl methyl sites for hydroxylation is 1. The molecule has 98 valence electrons. The summed E-state index contributed by atoms with van der Waals surface area (Å²) in [6, 6.07) is 7.17. The van der Waals surface area contributed by atoms with Crippen molar-refractivity contribution in [2.45, 2.75) is 44.2 Å². The van der Waals surface area contributed by atoms with Crippen molar-refractivity contribution < 1.29 is 4.74 Å². The fourth-order valence-electron chi connectivity index (χ4n) is 3.03. The van der Waals surface area contributed by atoms with Crippen molar-refractivity contribution in [2.24, 2.45) is 0 Å². The zero-order valence-electron chi connectivity index (χ0n) is 10.6. The van der Waals surface area contributed by atoms with Gasteiger partial charge >= 0.3 is 0 Å². The van der Waals surface area contributed by atoms with E-state index < -0.39 is 0 Å². The third-order valence-corrected chi connectivity index (χ3v) is 4.54. The molecule has 1 heterocycles. The minimum atomic E-state index is 0.426. The van der Waals surface area contributed by atoms with E-state index in [0.29, 0.717) is 12.1 Å². The summed E-state index contributed by atoms with van der Waals surface area (Å²) in [6.45, 7) is 1.94. The van der Waals surface area contributed by atoms with Gasteiger partial charge in [-0.15, -0.1) is 0 Å². The summed E-state index contributed by atoms with van der Waals surface area (Å²) < 4.78 is 6.96. The SMILES string of the molecule is Brc1ccc2c(c1)C(NCC1CCCCO1)CC2. The summed E-state index contributed by atoms with van der Waals surface area (Å²) in [5.74, 6) is 0. The van der Waals surface area contributed by atoms with E-state index in [0.717, 1.165) is 13.2 Å². The van der Waals surface area contributed by atoms with Gasteiger partial charge in [-0.2, -0.15) is 0 Å². The van der Waals surface area contributed by atoms with Crippen molar-refractivity contribution in [3.8, 4) is 0 Å². The Hall–Kier alpha value is -0.380. The molecule has 2 nitrogen and oxygen atoms in total. The summed E-state index contributed by atoms with van der Waals surface area (Å²) in [5, 5.41) is 3.69. The van der Waals surface area contributed by atoms with Gasteiger partial charge in [-0.3, -0.25) is 0 Å². The van der Waals surface area contributed by atoms with Gasteiger partial charge in [0.25, 0.3) is 0 Å². The number of fused-ring (bicyclic) bond motifs is 1. The number of halogens is 1. The van der Waals surface area contributed by atoms with Gasteiger partial charge in [0.1, 0.15) is 0 Å². The van der Waals surface area contributed by atoms with Crippen LogP contribution in [0, 0.1) is 0 Å². The van der Waals surface area contributed by atoms with Crippen LogP contribution in [0.25, 0.3) is 0 Å². The molecule has 3 rings (SSSR count). The first-order valence-electron chi connectivity index (χ1n) is 6.96. The molecule has 0 amide bonds. The number of benzene rings is 1. The highest BCUT2D eigenvalue weighted by molar-refractivity contribution is 9.10. The predicted octanol–water partition coefficient (Wildman–Crippen LogP) is 3.60. The van der Waals surface area contributed by atoms with Gasteiger partial charge in [-0.1, -0.05) is 22.0 Å². The summed E-state index contributed by atoms with van der Waals surface area (Å²) in [5.41, 5.74) is 2.97. The monoisotopic (exact) mass is 309 g/mol. The quantitative estimate of drug-likeness (QED) is 0.921. The highest BCUT2D eigenvalue weighted by Gasteiger charge is 2.23. The highest BCUT2D eigenvalue weighted by Crippen LogP contribution is 2.33. The summed E-state index contributed by atoms with van der Waals surface area (Å²) >= 11 is 3.57. The molecule has 3 heteroatoms. The summed E-state index contributed by atoms with van der Waals surface area (Å²) in [4.78, 5) is 0. The Labute approximate surface area is 117 Å². The number of hydrogen-bond acceptors (Lipinski definition) is 2. The van der Waals surface area contributed by atoms with Crippen molar-refractivity contribution in [3.63, 3.8) is 0 Å². The molecule has 1 N–H and O–H groups in total. The first-order valence-corrected chi connectivity index (χ1v) is 7.75. The topological polar surface area (TPSA) is 21.3 Å². The van der Waals surface area contributed by atoms with Crippen LogP contribution in [-0.2, 0) is 11.2 Å². The second kappa shape index (κ2) is 5.72. The molecule has 1 fully saturated rings. The minimum Gasteiger partial charge on any atom is -0.377 e. The first-order chi connectivity index (χ1) is 8.83. The van der Waals surface area contributed by atoms with Gasteiger partial charge in [0.2, 0.25) is 0 Å². The zero-order chi connectivity index (χ0) is 12.4. The molecule has 18 heavy (non-hydrogen) atoms. The lowest BCUT2D eigenvalue weighted by Crippen LogP contribution is -2.33. The van der Waals surface area contributed by atoms with Gasteiger partial charge in [-0.05, 0) is 55.4 Å². The fourth-order valence-corrected chi connectivity index (χ4v) is 3.41. The van der Waals surface area contributed by atoms with Crippen LogP contribution in [0.15, 0.2) is 22.7 Å². The largest absolute Gasteiger partial charge is 0.377 e. The Morgan fingerprint density at radius 3 is 3.06 bits per heavy atom. The molecule has 2 unspecified atom stereocenters. The Bertz CT molecular complexity index is 415. The van der Waals surface area contributed by atoms with Gasteiger partial charge in [0.15, 0.2) is 0 Å². The Morgan fingerprint density at radius 1 is 1.28 bits per heavy atom. The number of ether oxygens (including phenoxy) is 1. The second-order valence-electron chi connectivity index (χ2n) is 5.33. The van der Waals surface area contributed by atoms with Crippen LogP contribution in [0.5, 0.6) is 0 Å². The average molecular weight is 310 g/mol. The number of nitrogens with one attached hydrogen (secondary N) is 1. The average Bonchev–Trinajstić information content (AvgIpc) is 2.80. The molecule has 1 aliphatic heterocycles. The molecule has 0 saturated carbocycles. The van der Waals surface area contributed by atoms with E-state index in [4.69, 9.17) is 4.74 Å². The Balaban J connectivity index is 1.60. The molecule has 0 aromatic heterocycles. The first kappa shape index (κ1) is 12.6. The van der Waals surface area contributed by atoms with Crippen molar-refractivity contribution >= 4 is 15.9 Å². The van der Waals surface area contributed by atoms with Crippen LogP contribution >= 0.6 is 15.9 Å². The van der Waals surface area contributed by atoms with Crippen LogP contribution in [0.4, 0.5) is 0 Å². The Morgan fingerprint density at radius 2 is 2.22 bits per heavy atom. The standard InChI is InChI=1S/C15H20BrNO/c16-12-6-4-11-5-7-15(14(11)9-12)17-10-13-3-1-2-8-18-13/h4,6,9,13,15,17H,1-3,5,7-8,10H2.